The second-order valence-corrected chi connectivity index (χ2v) is 5.34. The van der Waals surface area contributed by atoms with E-state index in [9.17, 15) is 4.79 Å². The Kier molecular flexibility index (Phi) is 9.34. The molecule has 0 saturated heterocycles. The molecule has 0 unspecified atom stereocenters. The highest BCUT2D eigenvalue weighted by Gasteiger charge is 2.00. The van der Waals surface area contributed by atoms with Crippen LogP contribution in [0, 0.1) is 0 Å². The highest BCUT2D eigenvalue weighted by Crippen LogP contribution is 2.12. The van der Waals surface area contributed by atoms with E-state index in [1.54, 1.807) is 0 Å². The molecule has 0 aliphatic rings. The van der Waals surface area contributed by atoms with Crippen LogP contribution in [0.4, 0.5) is 5.69 Å². The van der Waals surface area contributed by atoms with Crippen LogP contribution in [-0.4, -0.2) is 19.1 Å². The number of benzene rings is 1. The number of rotatable bonds is 11. The maximum Gasteiger partial charge on any atom is 0.305 e. The highest BCUT2D eigenvalue weighted by atomic mass is 16.5. The van der Waals surface area contributed by atoms with Crippen LogP contribution in [0.5, 0.6) is 0 Å². The molecule has 3 nitrogen and oxygen atoms in total. The Morgan fingerprint density at radius 2 is 1.81 bits per heavy atom. The number of hydrogen-bond donors (Lipinski definition) is 1. The first kappa shape index (κ1) is 17.5. The summed E-state index contributed by atoms with van der Waals surface area (Å²) >= 11 is 0. The first-order valence-corrected chi connectivity index (χ1v) is 8.24. The van der Waals surface area contributed by atoms with Crippen LogP contribution < -0.4 is 5.32 Å². The number of carbonyl (C=O) groups is 1. The number of esters is 1. The van der Waals surface area contributed by atoms with Crippen LogP contribution in [0.2, 0.25) is 0 Å². The molecule has 118 valence electrons. The maximum absolute atomic E-state index is 11.2. The largest absolute Gasteiger partial charge is 0.466 e. The van der Waals surface area contributed by atoms with Gasteiger partial charge in [-0.15, -0.1) is 0 Å². The number of carbonyl (C=O) groups excluding carboxylic acids is 1. The lowest BCUT2D eigenvalue weighted by molar-refractivity contribution is -0.143. The van der Waals surface area contributed by atoms with Crippen molar-refractivity contribution in [3.63, 3.8) is 0 Å². The molecule has 0 aromatic heterocycles. The smallest absolute Gasteiger partial charge is 0.305 e. The summed E-state index contributed by atoms with van der Waals surface area (Å²) in [5.41, 5.74) is 2.59. The van der Waals surface area contributed by atoms with Crippen LogP contribution in [0.25, 0.3) is 0 Å². The number of nitrogens with one attached hydrogen (secondary N) is 1. The summed E-state index contributed by atoms with van der Waals surface area (Å²) in [4.78, 5) is 11.2. The molecule has 0 fully saturated rings. The molecule has 0 spiro atoms. The summed E-state index contributed by atoms with van der Waals surface area (Å²) < 4.78 is 4.90. The minimum Gasteiger partial charge on any atom is -0.466 e. The molecule has 0 amide bonds. The van der Waals surface area contributed by atoms with Gasteiger partial charge in [0.05, 0.1) is 6.61 Å². The van der Waals surface area contributed by atoms with Gasteiger partial charge in [0.25, 0.3) is 0 Å². The van der Waals surface area contributed by atoms with Gasteiger partial charge in [0.15, 0.2) is 0 Å². The topological polar surface area (TPSA) is 38.3 Å². The standard InChI is InChI=1S/C18H29NO2/c1-3-5-9-16-11-13-17(14-12-16)19-15-8-6-7-10-18(20)21-4-2/h11-14,19H,3-10,15H2,1-2H3. The van der Waals surface area contributed by atoms with Crippen LogP contribution in [0.1, 0.15) is 57.9 Å². The molecule has 0 atom stereocenters. The quantitative estimate of drug-likeness (QED) is 0.479. The van der Waals surface area contributed by atoms with Crippen molar-refractivity contribution in [2.24, 2.45) is 0 Å². The fourth-order valence-corrected chi connectivity index (χ4v) is 2.21. The number of unbranched alkanes of at least 4 members (excludes halogenated alkanes) is 3. The minimum atomic E-state index is -0.0758. The lowest BCUT2D eigenvalue weighted by Crippen LogP contribution is -2.05. The molecule has 0 saturated carbocycles. The maximum atomic E-state index is 11.2. The molecule has 1 aromatic carbocycles. The molecular formula is C18H29NO2. The predicted molar refractivity (Wildman–Crippen MR) is 88.6 cm³/mol. The predicted octanol–water partition coefficient (Wildman–Crippen LogP) is 4.56. The molecule has 0 heterocycles. The van der Waals surface area contributed by atoms with Gasteiger partial charge in [0.2, 0.25) is 0 Å². The molecule has 0 radical (unpaired) electrons. The number of aryl methyl sites for hydroxylation is 1. The summed E-state index contributed by atoms with van der Waals surface area (Å²) in [7, 11) is 0. The van der Waals surface area contributed by atoms with E-state index >= 15 is 0 Å². The molecule has 1 rings (SSSR count). The zero-order valence-electron chi connectivity index (χ0n) is 13.5. The lowest BCUT2D eigenvalue weighted by Gasteiger charge is -2.07. The second kappa shape index (κ2) is 11.2. The van der Waals surface area contributed by atoms with E-state index < -0.39 is 0 Å². The third kappa shape index (κ3) is 8.38. The summed E-state index contributed by atoms with van der Waals surface area (Å²) in [5.74, 6) is -0.0758. The van der Waals surface area contributed by atoms with Crippen molar-refractivity contribution in [1.82, 2.24) is 0 Å². The third-order valence-corrected chi connectivity index (χ3v) is 3.47. The molecule has 1 N–H and O–H groups in total. The summed E-state index contributed by atoms with van der Waals surface area (Å²) in [6.45, 7) is 5.50. The van der Waals surface area contributed by atoms with Crippen molar-refractivity contribution in [3.05, 3.63) is 29.8 Å². The Morgan fingerprint density at radius 1 is 1.05 bits per heavy atom. The van der Waals surface area contributed by atoms with Gasteiger partial charge in [-0.3, -0.25) is 4.79 Å². The third-order valence-electron chi connectivity index (χ3n) is 3.47. The lowest BCUT2D eigenvalue weighted by atomic mass is 10.1. The van der Waals surface area contributed by atoms with Crippen molar-refractivity contribution in [2.45, 2.75) is 58.8 Å². The van der Waals surface area contributed by atoms with Crippen LogP contribution >= 0.6 is 0 Å². The molecular weight excluding hydrogens is 262 g/mol. The number of ether oxygens (including phenoxy) is 1. The Labute approximate surface area is 129 Å². The molecule has 21 heavy (non-hydrogen) atoms. The summed E-state index contributed by atoms with van der Waals surface area (Å²) in [6, 6.07) is 8.73. The van der Waals surface area contributed by atoms with Crippen molar-refractivity contribution in [3.8, 4) is 0 Å². The second-order valence-electron chi connectivity index (χ2n) is 5.34. The fourth-order valence-electron chi connectivity index (χ4n) is 2.21. The van der Waals surface area contributed by atoms with Gasteiger partial charge in [-0.1, -0.05) is 31.9 Å². The van der Waals surface area contributed by atoms with Crippen LogP contribution in [-0.2, 0) is 16.0 Å². The van der Waals surface area contributed by atoms with Crippen molar-refractivity contribution in [2.75, 3.05) is 18.5 Å². The summed E-state index contributed by atoms with van der Waals surface area (Å²) in [5, 5.41) is 3.43. The summed E-state index contributed by atoms with van der Waals surface area (Å²) in [6.07, 6.45) is 7.26. The van der Waals surface area contributed by atoms with Gasteiger partial charge in [-0.2, -0.15) is 0 Å². The van der Waals surface area contributed by atoms with Crippen molar-refractivity contribution < 1.29 is 9.53 Å². The molecule has 1 aromatic rings. The Morgan fingerprint density at radius 3 is 2.48 bits per heavy atom. The van der Waals surface area contributed by atoms with Crippen LogP contribution in [0.3, 0.4) is 0 Å². The van der Waals surface area contributed by atoms with E-state index in [1.165, 1.54) is 30.5 Å². The van der Waals surface area contributed by atoms with Gasteiger partial charge in [-0.05, 0) is 50.3 Å². The van der Waals surface area contributed by atoms with Gasteiger partial charge in [-0.25, -0.2) is 0 Å². The molecule has 0 bridgehead atoms. The van der Waals surface area contributed by atoms with Gasteiger partial charge < -0.3 is 10.1 Å². The fraction of sp³-hybridized carbons (Fsp3) is 0.611. The molecule has 3 heteroatoms. The van der Waals surface area contributed by atoms with E-state index in [4.69, 9.17) is 4.74 Å². The normalized spacial score (nSPS) is 10.4. The zero-order chi connectivity index (χ0) is 15.3. The van der Waals surface area contributed by atoms with Gasteiger partial charge in [0.1, 0.15) is 0 Å². The monoisotopic (exact) mass is 291 g/mol. The molecule has 0 aliphatic heterocycles. The Bertz CT molecular complexity index is 387. The first-order valence-electron chi connectivity index (χ1n) is 8.24. The Hall–Kier alpha value is -1.51. The van der Waals surface area contributed by atoms with E-state index in [0.29, 0.717) is 13.0 Å². The van der Waals surface area contributed by atoms with E-state index in [-0.39, 0.29) is 5.97 Å². The number of anilines is 1. The van der Waals surface area contributed by atoms with E-state index in [0.717, 1.165) is 25.8 Å². The van der Waals surface area contributed by atoms with Gasteiger partial charge in [0, 0.05) is 18.7 Å². The average molecular weight is 291 g/mol. The highest BCUT2D eigenvalue weighted by molar-refractivity contribution is 5.69. The first-order chi connectivity index (χ1) is 10.3. The zero-order valence-corrected chi connectivity index (χ0v) is 13.5. The van der Waals surface area contributed by atoms with E-state index in [2.05, 4.69) is 36.5 Å². The SMILES string of the molecule is CCCCc1ccc(NCCCCCC(=O)OCC)cc1. The Balaban J connectivity index is 2.08. The molecule has 0 aliphatic carbocycles. The van der Waals surface area contributed by atoms with Crippen molar-refractivity contribution in [1.29, 1.82) is 0 Å². The van der Waals surface area contributed by atoms with Crippen LogP contribution in [0.15, 0.2) is 24.3 Å². The number of hydrogen-bond acceptors (Lipinski definition) is 3. The van der Waals surface area contributed by atoms with E-state index in [1.807, 2.05) is 6.92 Å². The minimum absolute atomic E-state index is 0.0758. The average Bonchev–Trinajstić information content (AvgIpc) is 2.50. The van der Waals surface area contributed by atoms with Crippen molar-refractivity contribution >= 4 is 11.7 Å². The van der Waals surface area contributed by atoms with Gasteiger partial charge >= 0.3 is 5.97 Å².